The molecule has 0 aliphatic heterocycles. The van der Waals surface area contributed by atoms with E-state index in [0.29, 0.717) is 11.8 Å². The van der Waals surface area contributed by atoms with Crippen LogP contribution in [-0.2, 0) is 12.6 Å². The molecule has 1 aromatic heterocycles. The number of hydrogen-bond acceptors (Lipinski definition) is 4. The maximum Gasteiger partial charge on any atom is 0.416 e. The van der Waals surface area contributed by atoms with Crippen LogP contribution in [0.3, 0.4) is 0 Å². The normalized spacial score (nSPS) is 11.2. The van der Waals surface area contributed by atoms with Gasteiger partial charge in [0.1, 0.15) is 17.3 Å². The van der Waals surface area contributed by atoms with E-state index in [4.69, 9.17) is 16.3 Å². The number of halogens is 4. The first-order valence-electron chi connectivity index (χ1n) is 8.57. The summed E-state index contributed by atoms with van der Waals surface area (Å²) in [6.45, 7) is 0. The molecule has 30 heavy (non-hydrogen) atoms. The van der Waals surface area contributed by atoms with Gasteiger partial charge in [0, 0.05) is 12.5 Å². The summed E-state index contributed by atoms with van der Waals surface area (Å²) in [6.07, 6.45) is -4.37. The van der Waals surface area contributed by atoms with Crippen LogP contribution in [0.5, 0.6) is 5.75 Å². The summed E-state index contributed by atoms with van der Waals surface area (Å²) in [5, 5.41) is 2.19. The van der Waals surface area contributed by atoms with Gasteiger partial charge in [-0.3, -0.25) is 9.59 Å². The van der Waals surface area contributed by atoms with Crippen molar-refractivity contribution < 1.29 is 22.7 Å². The van der Waals surface area contributed by atoms with Crippen LogP contribution in [0, 0.1) is 0 Å². The van der Waals surface area contributed by atoms with Crippen molar-refractivity contribution in [3.63, 3.8) is 0 Å². The Morgan fingerprint density at radius 3 is 2.50 bits per heavy atom. The Hall–Kier alpha value is -3.33. The number of nitrogens with zero attached hydrogens (tertiary/aromatic N) is 1. The average molecular weight is 438 g/mol. The number of methoxy groups -OCH3 is 1. The summed E-state index contributed by atoms with van der Waals surface area (Å²) in [5.74, 6) is 0.0116. The molecule has 2 aromatic carbocycles. The van der Waals surface area contributed by atoms with Gasteiger partial charge in [-0.05, 0) is 35.9 Å². The molecule has 0 saturated heterocycles. The molecule has 156 valence electrons. The molecule has 0 fully saturated rings. The number of alkyl halides is 3. The van der Waals surface area contributed by atoms with E-state index in [9.17, 15) is 22.8 Å². The molecule has 3 rings (SSSR count). The van der Waals surface area contributed by atoms with Crippen molar-refractivity contribution in [2.75, 3.05) is 12.4 Å². The summed E-state index contributed by atoms with van der Waals surface area (Å²) in [4.78, 5) is 31.1. The highest BCUT2D eigenvalue weighted by atomic mass is 35.5. The molecule has 3 aromatic rings. The van der Waals surface area contributed by atoms with Crippen LogP contribution in [0.25, 0.3) is 0 Å². The van der Waals surface area contributed by atoms with Crippen molar-refractivity contribution >= 4 is 23.2 Å². The second kappa shape index (κ2) is 8.58. The number of benzene rings is 2. The molecule has 0 spiro atoms. The van der Waals surface area contributed by atoms with E-state index in [2.05, 4.69) is 15.3 Å². The van der Waals surface area contributed by atoms with Gasteiger partial charge in [-0.1, -0.05) is 23.7 Å². The first kappa shape index (κ1) is 21.4. The first-order valence-corrected chi connectivity index (χ1v) is 8.95. The first-order chi connectivity index (χ1) is 14.2. The van der Waals surface area contributed by atoms with Crippen LogP contribution in [0.4, 0.5) is 18.9 Å². The fourth-order valence-corrected chi connectivity index (χ4v) is 2.79. The molecule has 6 nitrogen and oxygen atoms in total. The number of carbonyl (C=O) groups excluding carboxylic acids is 1. The van der Waals surface area contributed by atoms with Crippen molar-refractivity contribution in [1.29, 1.82) is 0 Å². The second-order valence-electron chi connectivity index (χ2n) is 6.25. The summed E-state index contributed by atoms with van der Waals surface area (Å²) in [7, 11) is 1.53. The third kappa shape index (κ3) is 5.18. The molecular formula is C20H15ClF3N3O3. The van der Waals surface area contributed by atoms with Gasteiger partial charge in [0.15, 0.2) is 0 Å². The highest BCUT2D eigenvalue weighted by molar-refractivity contribution is 6.33. The van der Waals surface area contributed by atoms with Crippen molar-refractivity contribution in [3.05, 3.63) is 86.6 Å². The monoisotopic (exact) mass is 437 g/mol. The zero-order chi connectivity index (χ0) is 21.9. The Kier molecular flexibility index (Phi) is 6.12. The average Bonchev–Trinajstić information content (AvgIpc) is 2.69. The smallest absolute Gasteiger partial charge is 0.416 e. The van der Waals surface area contributed by atoms with Gasteiger partial charge in [-0.25, -0.2) is 4.98 Å². The number of amides is 1. The predicted molar refractivity (Wildman–Crippen MR) is 105 cm³/mol. The summed E-state index contributed by atoms with van der Waals surface area (Å²) >= 11 is 5.89. The highest BCUT2D eigenvalue weighted by Crippen LogP contribution is 2.33. The molecule has 0 unspecified atom stereocenters. The molecule has 0 aliphatic rings. The minimum Gasteiger partial charge on any atom is -0.497 e. The molecule has 1 heterocycles. The van der Waals surface area contributed by atoms with Crippen molar-refractivity contribution in [1.82, 2.24) is 9.97 Å². The number of H-pyrrole nitrogens is 1. The van der Waals surface area contributed by atoms with Gasteiger partial charge >= 0.3 is 6.18 Å². The number of nitrogens with one attached hydrogen (secondary N) is 2. The van der Waals surface area contributed by atoms with E-state index in [1.54, 1.807) is 24.3 Å². The third-order valence-corrected chi connectivity index (χ3v) is 4.43. The zero-order valence-electron chi connectivity index (χ0n) is 15.5. The van der Waals surface area contributed by atoms with Crippen molar-refractivity contribution in [2.24, 2.45) is 0 Å². The van der Waals surface area contributed by atoms with Crippen molar-refractivity contribution in [2.45, 2.75) is 12.6 Å². The molecule has 0 radical (unpaired) electrons. The fourth-order valence-electron chi connectivity index (χ4n) is 2.63. The van der Waals surface area contributed by atoms with E-state index in [1.807, 2.05) is 0 Å². The quantitative estimate of drug-likeness (QED) is 0.623. The molecule has 0 atom stereocenters. The van der Waals surface area contributed by atoms with Gasteiger partial charge in [0.2, 0.25) is 0 Å². The van der Waals surface area contributed by atoms with Gasteiger partial charge in [-0.2, -0.15) is 13.2 Å². The maximum absolute atomic E-state index is 12.9. The molecule has 2 N–H and O–H groups in total. The second-order valence-corrected chi connectivity index (χ2v) is 6.66. The van der Waals surface area contributed by atoms with E-state index in [1.165, 1.54) is 7.11 Å². The molecule has 10 heteroatoms. The number of hydrogen-bond donors (Lipinski definition) is 2. The van der Waals surface area contributed by atoms with E-state index in [0.717, 1.165) is 23.8 Å². The Morgan fingerprint density at radius 2 is 1.87 bits per heavy atom. The van der Waals surface area contributed by atoms with Crippen LogP contribution in [0.15, 0.2) is 53.3 Å². The van der Waals surface area contributed by atoms with E-state index >= 15 is 0 Å². The van der Waals surface area contributed by atoms with Crippen LogP contribution >= 0.6 is 11.6 Å². The topological polar surface area (TPSA) is 84.1 Å². The Balaban J connectivity index is 1.84. The third-order valence-electron chi connectivity index (χ3n) is 4.10. The van der Waals surface area contributed by atoms with Crippen LogP contribution in [-0.4, -0.2) is 23.0 Å². The predicted octanol–water partition coefficient (Wildman–Crippen LogP) is 4.29. The van der Waals surface area contributed by atoms with Crippen LogP contribution in [0.2, 0.25) is 5.02 Å². The minimum atomic E-state index is -4.60. The van der Waals surface area contributed by atoms with E-state index < -0.39 is 23.2 Å². The Labute approximate surface area is 173 Å². The van der Waals surface area contributed by atoms with E-state index in [-0.39, 0.29) is 28.6 Å². The number of rotatable bonds is 5. The van der Waals surface area contributed by atoms with Gasteiger partial charge in [0.25, 0.3) is 11.5 Å². The lowest BCUT2D eigenvalue weighted by Crippen LogP contribution is -2.21. The van der Waals surface area contributed by atoms with Gasteiger partial charge in [0.05, 0.1) is 23.4 Å². The summed E-state index contributed by atoms with van der Waals surface area (Å²) in [5.41, 5.74) is -1.24. The lowest BCUT2D eigenvalue weighted by Gasteiger charge is -2.11. The standard InChI is InChI=1S/C20H15ClF3N3O3/c1-30-13-5-2-11(3-6-13)8-17-25-16(10-18(28)27-17)19(29)26-15-9-12(20(22,23)24)4-7-14(15)21/h2-7,9-10H,8H2,1H3,(H,26,29)(H,25,27,28). The molecule has 1 amide bonds. The number of ether oxygens (including phenoxy) is 1. The zero-order valence-corrected chi connectivity index (χ0v) is 16.3. The molecule has 0 aliphatic carbocycles. The van der Waals surface area contributed by atoms with Crippen LogP contribution in [0.1, 0.15) is 27.4 Å². The highest BCUT2D eigenvalue weighted by Gasteiger charge is 2.31. The Bertz CT molecular complexity index is 1130. The molecule has 0 saturated carbocycles. The largest absolute Gasteiger partial charge is 0.497 e. The van der Waals surface area contributed by atoms with Crippen LogP contribution < -0.4 is 15.6 Å². The van der Waals surface area contributed by atoms with Gasteiger partial charge in [-0.15, -0.1) is 0 Å². The lowest BCUT2D eigenvalue weighted by molar-refractivity contribution is -0.137. The number of carbonyl (C=O) groups is 1. The number of aromatic nitrogens is 2. The maximum atomic E-state index is 12.9. The van der Waals surface area contributed by atoms with Gasteiger partial charge < -0.3 is 15.0 Å². The summed E-state index contributed by atoms with van der Waals surface area (Å²) in [6, 6.07) is 10.5. The number of anilines is 1. The summed E-state index contributed by atoms with van der Waals surface area (Å²) < 4.78 is 43.8. The SMILES string of the molecule is COc1ccc(Cc2nc(C(=O)Nc3cc(C(F)(F)F)ccc3Cl)cc(=O)[nH]2)cc1. The number of aromatic amines is 1. The molecular weight excluding hydrogens is 423 g/mol. The fraction of sp³-hybridized carbons (Fsp3) is 0.150. The molecule has 0 bridgehead atoms. The Morgan fingerprint density at radius 1 is 1.17 bits per heavy atom. The minimum absolute atomic E-state index is 0.0837. The lowest BCUT2D eigenvalue weighted by atomic mass is 10.1. The van der Waals surface area contributed by atoms with Crippen molar-refractivity contribution in [3.8, 4) is 5.75 Å².